The van der Waals surface area contributed by atoms with Crippen LogP contribution in [0.2, 0.25) is 0 Å². The number of pyridine rings is 1. The number of benzene rings is 1. The molecule has 0 bridgehead atoms. The maximum Gasteiger partial charge on any atom is 0.573 e. The molecule has 1 heterocycles. The first-order valence-corrected chi connectivity index (χ1v) is 5.06. The van der Waals surface area contributed by atoms with E-state index in [1.165, 1.54) is 12.1 Å². The van der Waals surface area contributed by atoms with Crippen molar-refractivity contribution in [1.82, 2.24) is 4.98 Å². The average molecular weight is 292 g/mol. The van der Waals surface area contributed by atoms with Gasteiger partial charge in [-0.15, -0.1) is 13.2 Å². The van der Waals surface area contributed by atoms with E-state index in [4.69, 9.17) is 0 Å². The molecule has 84 valence electrons. The zero-order chi connectivity index (χ0) is 11.8. The SMILES string of the molecule is FC(F)(F)Oc1ccc2ncccc2c1Br. The second-order valence-electron chi connectivity index (χ2n) is 3.00. The second kappa shape index (κ2) is 3.93. The Hall–Kier alpha value is -1.30. The first-order valence-electron chi connectivity index (χ1n) is 4.26. The molecule has 0 fully saturated rings. The van der Waals surface area contributed by atoms with Gasteiger partial charge in [-0.25, -0.2) is 0 Å². The van der Waals surface area contributed by atoms with Crippen LogP contribution in [0.4, 0.5) is 13.2 Å². The quantitative estimate of drug-likeness (QED) is 0.795. The van der Waals surface area contributed by atoms with Crippen molar-refractivity contribution in [3.05, 3.63) is 34.9 Å². The fraction of sp³-hybridized carbons (Fsp3) is 0.100. The summed E-state index contributed by atoms with van der Waals surface area (Å²) >= 11 is 3.07. The highest BCUT2D eigenvalue weighted by Gasteiger charge is 2.32. The number of fused-ring (bicyclic) bond motifs is 1. The molecule has 2 nitrogen and oxygen atoms in total. The summed E-state index contributed by atoms with van der Waals surface area (Å²) in [4.78, 5) is 4.01. The summed E-state index contributed by atoms with van der Waals surface area (Å²) in [7, 11) is 0. The van der Waals surface area contributed by atoms with Crippen LogP contribution in [-0.4, -0.2) is 11.3 Å². The molecular formula is C10H5BrF3NO. The summed E-state index contributed by atoms with van der Waals surface area (Å²) in [6, 6.07) is 6.01. The molecule has 0 amide bonds. The number of alkyl halides is 3. The minimum atomic E-state index is -4.70. The summed E-state index contributed by atoms with van der Waals surface area (Å²) in [6.45, 7) is 0. The number of ether oxygens (including phenoxy) is 1. The molecule has 0 unspecified atom stereocenters. The maximum atomic E-state index is 12.1. The molecule has 0 spiro atoms. The van der Waals surface area contributed by atoms with Crippen molar-refractivity contribution < 1.29 is 17.9 Å². The van der Waals surface area contributed by atoms with Crippen LogP contribution in [0.5, 0.6) is 5.75 Å². The van der Waals surface area contributed by atoms with Gasteiger partial charge in [-0.05, 0) is 34.1 Å². The summed E-state index contributed by atoms with van der Waals surface area (Å²) in [5.41, 5.74) is 0.601. The largest absolute Gasteiger partial charge is 0.573 e. The van der Waals surface area contributed by atoms with Gasteiger partial charge < -0.3 is 4.74 Å². The first kappa shape index (κ1) is 11.2. The Balaban J connectivity index is 2.53. The summed E-state index contributed by atoms with van der Waals surface area (Å²) < 4.78 is 40.3. The van der Waals surface area contributed by atoms with Gasteiger partial charge in [-0.1, -0.05) is 6.07 Å². The van der Waals surface area contributed by atoms with Gasteiger partial charge in [0, 0.05) is 11.6 Å². The lowest BCUT2D eigenvalue weighted by Gasteiger charge is -2.11. The lowest BCUT2D eigenvalue weighted by Crippen LogP contribution is -2.17. The smallest absolute Gasteiger partial charge is 0.405 e. The zero-order valence-corrected chi connectivity index (χ0v) is 9.34. The number of hydrogen-bond donors (Lipinski definition) is 0. The van der Waals surface area contributed by atoms with E-state index in [9.17, 15) is 13.2 Å². The molecule has 2 rings (SSSR count). The third-order valence-corrected chi connectivity index (χ3v) is 2.73. The van der Waals surface area contributed by atoms with Gasteiger partial charge in [0.15, 0.2) is 0 Å². The third kappa shape index (κ3) is 2.27. The number of hydrogen-bond acceptors (Lipinski definition) is 2. The molecule has 0 saturated heterocycles. The molecule has 1 aromatic heterocycles. The molecule has 2 aromatic rings. The molecule has 16 heavy (non-hydrogen) atoms. The van der Waals surface area contributed by atoms with E-state index in [2.05, 4.69) is 25.7 Å². The fourth-order valence-electron chi connectivity index (χ4n) is 1.30. The minimum absolute atomic E-state index is 0.246. The average Bonchev–Trinajstić information content (AvgIpc) is 2.21. The second-order valence-corrected chi connectivity index (χ2v) is 3.79. The highest BCUT2D eigenvalue weighted by molar-refractivity contribution is 9.10. The Morgan fingerprint density at radius 2 is 1.94 bits per heavy atom. The summed E-state index contributed by atoms with van der Waals surface area (Å²) in [5.74, 6) is -0.270. The van der Waals surface area contributed by atoms with Crippen LogP contribution in [0.1, 0.15) is 0 Å². The van der Waals surface area contributed by atoms with Crippen molar-refractivity contribution in [2.45, 2.75) is 6.36 Å². The Kier molecular flexibility index (Phi) is 2.75. The van der Waals surface area contributed by atoms with Crippen molar-refractivity contribution in [1.29, 1.82) is 0 Å². The van der Waals surface area contributed by atoms with Crippen LogP contribution in [0.15, 0.2) is 34.9 Å². The summed E-state index contributed by atoms with van der Waals surface area (Å²) in [6.07, 6.45) is -3.13. The van der Waals surface area contributed by atoms with Crippen LogP contribution in [0, 0.1) is 0 Å². The van der Waals surface area contributed by atoms with Crippen LogP contribution < -0.4 is 4.74 Å². The monoisotopic (exact) mass is 291 g/mol. The molecule has 0 saturated carbocycles. The van der Waals surface area contributed by atoms with Crippen LogP contribution >= 0.6 is 15.9 Å². The van der Waals surface area contributed by atoms with E-state index in [-0.39, 0.29) is 10.2 Å². The predicted molar refractivity (Wildman–Crippen MR) is 56.1 cm³/mol. The molecule has 0 radical (unpaired) electrons. The standard InChI is InChI=1S/C10H5BrF3NO/c11-9-6-2-1-5-15-7(6)3-4-8(9)16-10(12,13)14/h1-5H. The van der Waals surface area contributed by atoms with Gasteiger partial charge in [0.1, 0.15) is 5.75 Å². The molecule has 0 aliphatic heterocycles. The summed E-state index contributed by atoms with van der Waals surface area (Å²) in [5, 5.41) is 0.573. The van der Waals surface area contributed by atoms with E-state index >= 15 is 0 Å². The lowest BCUT2D eigenvalue weighted by molar-refractivity contribution is -0.274. The Morgan fingerprint density at radius 1 is 1.19 bits per heavy atom. The van der Waals surface area contributed by atoms with Crippen molar-refractivity contribution in [2.24, 2.45) is 0 Å². The van der Waals surface area contributed by atoms with Gasteiger partial charge in [0.2, 0.25) is 0 Å². The van der Waals surface area contributed by atoms with Crippen LogP contribution in [-0.2, 0) is 0 Å². The normalized spacial score (nSPS) is 11.8. The van der Waals surface area contributed by atoms with E-state index in [1.54, 1.807) is 18.3 Å². The highest BCUT2D eigenvalue weighted by atomic mass is 79.9. The molecule has 1 aromatic carbocycles. The zero-order valence-electron chi connectivity index (χ0n) is 7.75. The van der Waals surface area contributed by atoms with Crippen LogP contribution in [0.25, 0.3) is 10.9 Å². The molecular weight excluding hydrogens is 287 g/mol. The Bertz CT molecular complexity index is 527. The van der Waals surface area contributed by atoms with E-state index in [1.807, 2.05) is 0 Å². The van der Waals surface area contributed by atoms with Crippen molar-refractivity contribution >= 4 is 26.8 Å². The van der Waals surface area contributed by atoms with Crippen molar-refractivity contribution in [3.63, 3.8) is 0 Å². The molecule has 6 heteroatoms. The fourth-order valence-corrected chi connectivity index (χ4v) is 1.85. The number of halogens is 4. The number of nitrogens with zero attached hydrogens (tertiary/aromatic N) is 1. The van der Waals surface area contributed by atoms with Gasteiger partial charge in [-0.3, -0.25) is 4.98 Å². The number of aromatic nitrogens is 1. The van der Waals surface area contributed by atoms with Crippen molar-refractivity contribution in [3.8, 4) is 5.75 Å². The molecule has 0 aliphatic rings. The first-order chi connectivity index (χ1) is 7.47. The Morgan fingerprint density at radius 3 is 2.62 bits per heavy atom. The van der Waals surface area contributed by atoms with Gasteiger partial charge in [0.05, 0.1) is 9.99 Å². The Labute approximate surface area is 97.2 Å². The van der Waals surface area contributed by atoms with Crippen LogP contribution in [0.3, 0.4) is 0 Å². The van der Waals surface area contributed by atoms with E-state index in [0.29, 0.717) is 10.9 Å². The number of rotatable bonds is 1. The predicted octanol–water partition coefficient (Wildman–Crippen LogP) is 3.90. The minimum Gasteiger partial charge on any atom is -0.405 e. The third-order valence-electron chi connectivity index (χ3n) is 1.91. The highest BCUT2D eigenvalue weighted by Crippen LogP contribution is 2.35. The molecule has 0 aliphatic carbocycles. The van der Waals surface area contributed by atoms with E-state index < -0.39 is 6.36 Å². The van der Waals surface area contributed by atoms with Gasteiger partial charge in [0.25, 0.3) is 0 Å². The van der Waals surface area contributed by atoms with Gasteiger partial charge in [-0.2, -0.15) is 0 Å². The van der Waals surface area contributed by atoms with Gasteiger partial charge >= 0.3 is 6.36 Å². The molecule has 0 N–H and O–H groups in total. The van der Waals surface area contributed by atoms with E-state index in [0.717, 1.165) is 0 Å². The maximum absolute atomic E-state index is 12.1. The molecule has 0 atom stereocenters. The topological polar surface area (TPSA) is 22.1 Å². The lowest BCUT2D eigenvalue weighted by atomic mass is 10.2. The van der Waals surface area contributed by atoms with Crippen molar-refractivity contribution in [2.75, 3.05) is 0 Å².